The summed E-state index contributed by atoms with van der Waals surface area (Å²) in [6.45, 7) is 0.357. The van der Waals surface area contributed by atoms with Crippen molar-refractivity contribution in [2.24, 2.45) is 0 Å². The highest BCUT2D eigenvalue weighted by Gasteiger charge is 2.53. The van der Waals surface area contributed by atoms with E-state index in [1.165, 1.54) is 5.56 Å². The number of methoxy groups -OCH3 is 1. The van der Waals surface area contributed by atoms with Crippen molar-refractivity contribution >= 4 is 28.8 Å². The lowest BCUT2D eigenvalue weighted by Crippen LogP contribution is -2.46. The Bertz CT molecular complexity index is 1560. The molecule has 2 aromatic carbocycles. The third kappa shape index (κ3) is 4.22. The zero-order valence-electron chi connectivity index (χ0n) is 21.0. The van der Waals surface area contributed by atoms with Crippen molar-refractivity contribution in [1.29, 1.82) is 0 Å². The molecule has 8 nitrogen and oxygen atoms in total. The number of aryl methyl sites for hydroxylation is 2. The molecule has 0 radical (unpaired) electrons. The third-order valence-corrected chi connectivity index (χ3v) is 7.48. The Labute approximate surface area is 219 Å². The fourth-order valence-electron chi connectivity index (χ4n) is 5.44. The molecule has 1 atom stereocenters. The molecule has 1 N–H and O–H groups in total. The predicted molar refractivity (Wildman–Crippen MR) is 140 cm³/mol. The summed E-state index contributed by atoms with van der Waals surface area (Å²) in [5.41, 5.74) is 3.56. The maximum atomic E-state index is 13.2. The molecule has 2 aliphatic rings. The van der Waals surface area contributed by atoms with Crippen LogP contribution >= 0.6 is 0 Å². The number of pyridine rings is 1. The number of rotatable bonds is 8. The number of nitrogens with zero attached hydrogens (tertiary/aromatic N) is 2. The Morgan fingerprint density at radius 3 is 2.61 bits per heavy atom. The molecular weight excluding hydrogens is 482 g/mol. The molecule has 38 heavy (non-hydrogen) atoms. The number of fused-ring (bicyclic) bond motifs is 2. The standard InChI is InChI=1S/C30H27N3O5/c1-37-22-11-10-21-17-33(28(35)23(21)13-22)18-30(15-27(34)32-29(30)36)26-14-24-25(38-26)12-20(16-31-24)9-5-8-19-6-3-2-4-7-19/h2-4,6-7,10-14,16H,5,8-9,15,17-18H2,1H3,(H,32,34,36)/t30-/m1/s1. The Kier molecular flexibility index (Phi) is 5.94. The van der Waals surface area contributed by atoms with Gasteiger partial charge in [0.2, 0.25) is 11.8 Å². The van der Waals surface area contributed by atoms with E-state index in [4.69, 9.17) is 9.15 Å². The molecule has 0 aliphatic carbocycles. The number of benzene rings is 2. The van der Waals surface area contributed by atoms with Crippen LogP contribution in [0.25, 0.3) is 11.1 Å². The number of aromatic nitrogens is 1. The maximum Gasteiger partial charge on any atom is 0.254 e. The first-order valence-electron chi connectivity index (χ1n) is 12.7. The number of amides is 3. The number of hydrogen-bond donors (Lipinski definition) is 1. The molecule has 1 saturated heterocycles. The molecule has 8 heteroatoms. The van der Waals surface area contributed by atoms with Gasteiger partial charge in [-0.2, -0.15) is 0 Å². The molecule has 192 valence electrons. The number of nitrogens with one attached hydrogen (secondary N) is 1. The van der Waals surface area contributed by atoms with Crippen molar-refractivity contribution in [3.05, 3.63) is 94.9 Å². The van der Waals surface area contributed by atoms with Crippen LogP contribution in [0, 0.1) is 0 Å². The van der Waals surface area contributed by atoms with Crippen LogP contribution in [0.5, 0.6) is 5.75 Å². The van der Waals surface area contributed by atoms with Crippen LogP contribution in [0.15, 0.2) is 71.3 Å². The normalized spacial score (nSPS) is 18.8. The number of carbonyl (C=O) groups is 3. The van der Waals surface area contributed by atoms with Crippen LogP contribution in [-0.4, -0.2) is 41.3 Å². The molecule has 0 saturated carbocycles. The zero-order chi connectivity index (χ0) is 26.3. The van der Waals surface area contributed by atoms with E-state index in [0.29, 0.717) is 34.7 Å². The second-order valence-corrected chi connectivity index (χ2v) is 10.00. The number of carbonyl (C=O) groups excluding carboxylic acids is 3. The molecule has 0 bridgehead atoms. The first-order chi connectivity index (χ1) is 18.4. The molecule has 4 heterocycles. The minimum Gasteiger partial charge on any atom is -0.497 e. The first kappa shape index (κ1) is 23.9. The quantitative estimate of drug-likeness (QED) is 0.361. The lowest BCUT2D eigenvalue weighted by molar-refractivity contribution is -0.127. The van der Waals surface area contributed by atoms with Gasteiger partial charge in [0.15, 0.2) is 5.58 Å². The van der Waals surface area contributed by atoms with E-state index in [1.807, 2.05) is 36.5 Å². The van der Waals surface area contributed by atoms with Gasteiger partial charge in [-0.3, -0.25) is 24.7 Å². The van der Waals surface area contributed by atoms with E-state index in [2.05, 4.69) is 22.4 Å². The molecule has 0 unspecified atom stereocenters. The van der Waals surface area contributed by atoms with Gasteiger partial charge in [-0.25, -0.2) is 0 Å². The van der Waals surface area contributed by atoms with Crippen LogP contribution in [0.4, 0.5) is 0 Å². The molecule has 2 aliphatic heterocycles. The van der Waals surface area contributed by atoms with Crippen molar-refractivity contribution in [2.75, 3.05) is 13.7 Å². The first-order valence-corrected chi connectivity index (χ1v) is 12.7. The van der Waals surface area contributed by atoms with E-state index in [9.17, 15) is 14.4 Å². The van der Waals surface area contributed by atoms with Gasteiger partial charge in [-0.1, -0.05) is 36.4 Å². The second-order valence-electron chi connectivity index (χ2n) is 10.00. The Hall–Kier alpha value is -4.46. The Morgan fingerprint density at radius 1 is 1.03 bits per heavy atom. The molecule has 2 aromatic heterocycles. The minimum atomic E-state index is -1.33. The number of hydrogen-bond acceptors (Lipinski definition) is 6. The SMILES string of the molecule is COc1ccc2c(c1)C(=O)N(C[C@@]1(c3cc4ncc(CCCc5ccccc5)cc4o3)CC(=O)NC1=O)C2. The Morgan fingerprint density at radius 2 is 1.84 bits per heavy atom. The average molecular weight is 510 g/mol. The van der Waals surface area contributed by atoms with Gasteiger partial charge in [-0.05, 0) is 54.2 Å². The third-order valence-electron chi connectivity index (χ3n) is 7.48. The highest BCUT2D eigenvalue weighted by Crippen LogP contribution is 2.39. The van der Waals surface area contributed by atoms with Crippen molar-refractivity contribution in [3.63, 3.8) is 0 Å². The van der Waals surface area contributed by atoms with Gasteiger partial charge in [-0.15, -0.1) is 0 Å². The number of imide groups is 1. The van der Waals surface area contributed by atoms with Gasteiger partial charge in [0, 0.05) is 30.9 Å². The molecular formula is C30H27N3O5. The monoisotopic (exact) mass is 509 g/mol. The summed E-state index contributed by atoms with van der Waals surface area (Å²) in [7, 11) is 1.55. The van der Waals surface area contributed by atoms with Crippen molar-refractivity contribution in [2.45, 2.75) is 37.6 Å². The minimum absolute atomic E-state index is 0.0180. The number of furan rings is 1. The summed E-state index contributed by atoms with van der Waals surface area (Å²) in [5.74, 6) is -0.140. The molecule has 0 spiro atoms. The summed E-state index contributed by atoms with van der Waals surface area (Å²) in [5, 5.41) is 2.42. The lowest BCUT2D eigenvalue weighted by Gasteiger charge is -2.28. The summed E-state index contributed by atoms with van der Waals surface area (Å²) in [6, 6.07) is 19.4. The summed E-state index contributed by atoms with van der Waals surface area (Å²) < 4.78 is 11.5. The van der Waals surface area contributed by atoms with Gasteiger partial charge in [0.05, 0.1) is 13.5 Å². The van der Waals surface area contributed by atoms with Crippen LogP contribution < -0.4 is 10.1 Å². The largest absolute Gasteiger partial charge is 0.497 e. The topological polar surface area (TPSA) is 102 Å². The molecule has 6 rings (SSSR count). The smallest absolute Gasteiger partial charge is 0.254 e. The highest BCUT2D eigenvalue weighted by molar-refractivity contribution is 6.10. The highest BCUT2D eigenvalue weighted by atomic mass is 16.5. The summed E-state index contributed by atoms with van der Waals surface area (Å²) >= 11 is 0. The maximum absolute atomic E-state index is 13.2. The van der Waals surface area contributed by atoms with E-state index < -0.39 is 17.2 Å². The van der Waals surface area contributed by atoms with Crippen molar-refractivity contribution in [1.82, 2.24) is 15.2 Å². The average Bonchev–Trinajstić information content (AvgIpc) is 3.58. The fourth-order valence-corrected chi connectivity index (χ4v) is 5.44. The van der Waals surface area contributed by atoms with Gasteiger partial charge in [0.1, 0.15) is 22.4 Å². The molecule has 1 fully saturated rings. The predicted octanol–water partition coefficient (Wildman–Crippen LogP) is 3.95. The van der Waals surface area contributed by atoms with Gasteiger partial charge in [0.25, 0.3) is 5.91 Å². The van der Waals surface area contributed by atoms with Crippen LogP contribution in [-0.2, 0) is 34.4 Å². The van der Waals surface area contributed by atoms with Gasteiger partial charge >= 0.3 is 0 Å². The Balaban J connectivity index is 1.26. The van der Waals surface area contributed by atoms with E-state index in [-0.39, 0.29) is 18.9 Å². The van der Waals surface area contributed by atoms with Crippen LogP contribution in [0.3, 0.4) is 0 Å². The van der Waals surface area contributed by atoms with Crippen LogP contribution in [0.2, 0.25) is 0 Å². The fraction of sp³-hybridized carbons (Fsp3) is 0.267. The summed E-state index contributed by atoms with van der Waals surface area (Å²) in [4.78, 5) is 45.0. The second kappa shape index (κ2) is 9.45. The number of ether oxygens (including phenoxy) is 1. The molecule has 3 amide bonds. The van der Waals surface area contributed by atoms with Gasteiger partial charge < -0.3 is 14.1 Å². The molecule has 4 aromatic rings. The van der Waals surface area contributed by atoms with E-state index >= 15 is 0 Å². The summed E-state index contributed by atoms with van der Waals surface area (Å²) in [6.07, 6.45) is 4.49. The van der Waals surface area contributed by atoms with E-state index in [1.54, 1.807) is 30.2 Å². The lowest BCUT2D eigenvalue weighted by atomic mass is 9.82. The van der Waals surface area contributed by atoms with Crippen LogP contribution in [0.1, 0.15) is 45.7 Å². The van der Waals surface area contributed by atoms with Crippen molar-refractivity contribution in [3.8, 4) is 5.75 Å². The zero-order valence-corrected chi connectivity index (χ0v) is 21.0. The van der Waals surface area contributed by atoms with E-state index in [0.717, 1.165) is 30.4 Å². The van der Waals surface area contributed by atoms with Crippen molar-refractivity contribution < 1.29 is 23.5 Å².